The van der Waals surface area contributed by atoms with Gasteiger partial charge in [-0.3, -0.25) is 0 Å². The van der Waals surface area contributed by atoms with Crippen LogP contribution in [0.25, 0.3) is 0 Å². The first-order chi connectivity index (χ1) is 8.88. The number of pyridine rings is 1. The maximum atomic E-state index is 4.69. The highest BCUT2D eigenvalue weighted by atomic mass is 15.0. The van der Waals surface area contributed by atoms with E-state index in [1.165, 1.54) is 5.56 Å². The van der Waals surface area contributed by atoms with Crippen molar-refractivity contribution in [2.24, 2.45) is 5.92 Å². The van der Waals surface area contributed by atoms with Gasteiger partial charge in [0.1, 0.15) is 5.82 Å². The molecule has 1 aromatic heterocycles. The Morgan fingerprint density at radius 2 is 1.74 bits per heavy atom. The largest absolute Gasteiger partial charge is 0.370 e. The van der Waals surface area contributed by atoms with Crippen LogP contribution >= 0.6 is 0 Å². The van der Waals surface area contributed by atoms with Gasteiger partial charge in [-0.15, -0.1) is 0 Å². The van der Waals surface area contributed by atoms with Crippen LogP contribution in [0, 0.1) is 5.92 Å². The van der Waals surface area contributed by atoms with Crippen molar-refractivity contribution in [1.82, 2.24) is 10.3 Å². The maximum absolute atomic E-state index is 4.69. The maximum Gasteiger partial charge on any atom is 0.126 e. The number of rotatable bonds is 7. The monoisotopic (exact) mass is 263 g/mol. The summed E-state index contributed by atoms with van der Waals surface area (Å²) in [7, 11) is 0. The van der Waals surface area contributed by atoms with Gasteiger partial charge in [-0.1, -0.05) is 41.5 Å². The number of hydrogen-bond donors (Lipinski definition) is 2. The Bertz CT molecular complexity index is 353. The lowest BCUT2D eigenvalue weighted by molar-refractivity contribution is 0.587. The number of nitrogens with zero attached hydrogens (tertiary/aromatic N) is 1. The zero-order valence-corrected chi connectivity index (χ0v) is 13.2. The second-order valence-corrected chi connectivity index (χ2v) is 6.25. The van der Waals surface area contributed by atoms with Crippen molar-refractivity contribution in [2.75, 3.05) is 11.9 Å². The lowest BCUT2D eigenvalue weighted by Gasteiger charge is -2.15. The highest BCUT2D eigenvalue weighted by molar-refractivity contribution is 5.40. The molecule has 1 rings (SSSR count). The third kappa shape index (κ3) is 6.06. The quantitative estimate of drug-likeness (QED) is 0.786. The van der Waals surface area contributed by atoms with Gasteiger partial charge in [0.2, 0.25) is 0 Å². The van der Waals surface area contributed by atoms with Gasteiger partial charge >= 0.3 is 0 Å². The van der Waals surface area contributed by atoms with Gasteiger partial charge in [-0.25, -0.2) is 4.98 Å². The van der Waals surface area contributed by atoms with Gasteiger partial charge in [0.05, 0.1) is 0 Å². The summed E-state index contributed by atoms with van der Waals surface area (Å²) in [6.45, 7) is 15.0. The fraction of sp³-hybridized carbons (Fsp3) is 0.688. The summed E-state index contributed by atoms with van der Waals surface area (Å²) in [5.74, 6) is 2.08. The summed E-state index contributed by atoms with van der Waals surface area (Å²) in [5, 5.41) is 6.89. The molecule has 0 aromatic carbocycles. The van der Waals surface area contributed by atoms with E-state index in [-0.39, 0.29) is 0 Å². The minimum absolute atomic E-state index is 0.457. The van der Waals surface area contributed by atoms with Crippen molar-refractivity contribution < 1.29 is 0 Å². The van der Waals surface area contributed by atoms with Gasteiger partial charge in [0, 0.05) is 24.8 Å². The first kappa shape index (κ1) is 16.0. The highest BCUT2D eigenvalue weighted by Crippen LogP contribution is 2.18. The molecule has 0 fully saturated rings. The molecule has 3 heteroatoms. The van der Waals surface area contributed by atoms with Crippen LogP contribution in [0.5, 0.6) is 0 Å². The van der Waals surface area contributed by atoms with Crippen LogP contribution in [0.1, 0.15) is 58.7 Å². The second kappa shape index (κ2) is 7.49. The van der Waals surface area contributed by atoms with Crippen LogP contribution in [0.2, 0.25) is 0 Å². The zero-order valence-electron chi connectivity index (χ0n) is 13.2. The molecule has 0 unspecified atom stereocenters. The van der Waals surface area contributed by atoms with Crippen molar-refractivity contribution in [3.05, 3.63) is 23.4 Å². The lowest BCUT2D eigenvalue weighted by Crippen LogP contribution is -2.22. The smallest absolute Gasteiger partial charge is 0.126 e. The Labute approximate surface area is 118 Å². The molecule has 0 amide bonds. The van der Waals surface area contributed by atoms with Crippen LogP contribution in [-0.4, -0.2) is 17.6 Å². The second-order valence-electron chi connectivity index (χ2n) is 6.25. The van der Waals surface area contributed by atoms with Crippen molar-refractivity contribution in [3.63, 3.8) is 0 Å². The topological polar surface area (TPSA) is 37.0 Å². The summed E-state index contributed by atoms with van der Waals surface area (Å²) in [5.41, 5.74) is 2.47. The Kier molecular flexibility index (Phi) is 6.29. The van der Waals surface area contributed by atoms with Crippen molar-refractivity contribution in [1.29, 1.82) is 0 Å². The number of aromatic nitrogens is 1. The highest BCUT2D eigenvalue weighted by Gasteiger charge is 2.07. The summed E-state index contributed by atoms with van der Waals surface area (Å²) in [4.78, 5) is 4.69. The van der Waals surface area contributed by atoms with Crippen LogP contribution in [0.4, 0.5) is 5.82 Å². The molecule has 0 spiro atoms. The van der Waals surface area contributed by atoms with Gasteiger partial charge in [-0.2, -0.15) is 0 Å². The standard InChI is InChI=1S/C16H29N3/c1-11(2)9-18-16-8-14(10-17-13(5)6)7-15(19-16)12(3)4/h7-8,11-13,17H,9-10H2,1-6H3,(H,18,19). The molecule has 19 heavy (non-hydrogen) atoms. The van der Waals surface area contributed by atoms with E-state index in [1.807, 2.05) is 0 Å². The molecular formula is C16H29N3. The Balaban J connectivity index is 2.84. The van der Waals surface area contributed by atoms with Crippen LogP contribution in [0.3, 0.4) is 0 Å². The molecule has 2 N–H and O–H groups in total. The summed E-state index contributed by atoms with van der Waals surface area (Å²) in [6, 6.07) is 4.87. The van der Waals surface area contributed by atoms with E-state index in [9.17, 15) is 0 Å². The third-order valence-corrected chi connectivity index (χ3v) is 2.90. The molecule has 1 aromatic rings. The average molecular weight is 263 g/mol. The molecule has 3 nitrogen and oxygen atoms in total. The third-order valence-electron chi connectivity index (χ3n) is 2.90. The van der Waals surface area contributed by atoms with Crippen LogP contribution < -0.4 is 10.6 Å². The predicted octanol–water partition coefficient (Wildman–Crippen LogP) is 3.77. The molecular weight excluding hydrogens is 234 g/mol. The van der Waals surface area contributed by atoms with Gasteiger partial charge < -0.3 is 10.6 Å². The minimum atomic E-state index is 0.457. The summed E-state index contributed by atoms with van der Waals surface area (Å²) >= 11 is 0. The Hall–Kier alpha value is -1.09. The number of anilines is 1. The van der Waals surface area contributed by atoms with E-state index in [0.29, 0.717) is 17.9 Å². The fourth-order valence-corrected chi connectivity index (χ4v) is 1.73. The number of hydrogen-bond acceptors (Lipinski definition) is 3. The Morgan fingerprint density at radius 3 is 2.26 bits per heavy atom. The predicted molar refractivity (Wildman–Crippen MR) is 83.6 cm³/mol. The van der Waals surface area contributed by atoms with E-state index in [2.05, 4.69) is 64.3 Å². The zero-order chi connectivity index (χ0) is 14.4. The van der Waals surface area contributed by atoms with Gasteiger partial charge in [0.25, 0.3) is 0 Å². The van der Waals surface area contributed by atoms with Gasteiger partial charge in [-0.05, 0) is 29.5 Å². The fourth-order valence-electron chi connectivity index (χ4n) is 1.73. The molecule has 0 bridgehead atoms. The van der Waals surface area contributed by atoms with Crippen LogP contribution in [-0.2, 0) is 6.54 Å². The summed E-state index contributed by atoms with van der Waals surface area (Å²) in [6.07, 6.45) is 0. The molecule has 0 aliphatic rings. The average Bonchev–Trinajstić information content (AvgIpc) is 2.33. The summed E-state index contributed by atoms with van der Waals surface area (Å²) < 4.78 is 0. The first-order valence-electron chi connectivity index (χ1n) is 7.36. The molecule has 0 radical (unpaired) electrons. The lowest BCUT2D eigenvalue weighted by atomic mass is 10.1. The van der Waals surface area contributed by atoms with Crippen molar-refractivity contribution >= 4 is 5.82 Å². The van der Waals surface area contributed by atoms with Crippen molar-refractivity contribution in [3.8, 4) is 0 Å². The van der Waals surface area contributed by atoms with E-state index >= 15 is 0 Å². The van der Waals surface area contributed by atoms with E-state index < -0.39 is 0 Å². The van der Waals surface area contributed by atoms with Crippen molar-refractivity contribution in [2.45, 2.75) is 60.0 Å². The first-order valence-corrected chi connectivity index (χ1v) is 7.36. The van der Waals surface area contributed by atoms with E-state index in [0.717, 1.165) is 24.6 Å². The minimum Gasteiger partial charge on any atom is -0.370 e. The number of nitrogens with one attached hydrogen (secondary N) is 2. The van der Waals surface area contributed by atoms with E-state index in [1.54, 1.807) is 0 Å². The molecule has 1 heterocycles. The molecule has 108 valence electrons. The normalized spacial score (nSPS) is 11.6. The molecule has 0 saturated carbocycles. The molecule has 0 aliphatic carbocycles. The molecule has 0 aliphatic heterocycles. The van der Waals surface area contributed by atoms with Gasteiger partial charge in [0.15, 0.2) is 0 Å². The molecule has 0 atom stereocenters. The van der Waals surface area contributed by atoms with Crippen LogP contribution in [0.15, 0.2) is 12.1 Å². The molecule has 0 saturated heterocycles. The SMILES string of the molecule is CC(C)CNc1cc(CNC(C)C)cc(C(C)C)n1. The van der Waals surface area contributed by atoms with E-state index in [4.69, 9.17) is 4.98 Å². The Morgan fingerprint density at radius 1 is 1.05 bits per heavy atom.